The van der Waals surface area contributed by atoms with E-state index in [0.29, 0.717) is 6.04 Å². The molecule has 2 aliphatic rings. The van der Waals surface area contributed by atoms with E-state index in [-0.39, 0.29) is 29.5 Å². The van der Waals surface area contributed by atoms with Crippen LogP contribution in [0.25, 0.3) is 0 Å². The summed E-state index contributed by atoms with van der Waals surface area (Å²) in [5.41, 5.74) is 0.0856. The van der Waals surface area contributed by atoms with Crippen molar-refractivity contribution in [1.82, 2.24) is 30.3 Å². The monoisotopic (exact) mass is 505 g/mol. The van der Waals surface area contributed by atoms with E-state index in [1.165, 1.54) is 0 Å². The van der Waals surface area contributed by atoms with E-state index in [1.54, 1.807) is 0 Å². The molecule has 0 radical (unpaired) electrons. The Hall–Kier alpha value is -0.940. The maximum absolute atomic E-state index is 5.57. The molecule has 28 heavy (non-hydrogen) atoms. The first kappa shape index (κ1) is 23.3. The molecule has 8 nitrogen and oxygen atoms in total. The molecular formula is C19H36IN7O. The molecule has 0 aliphatic carbocycles. The first-order valence-corrected chi connectivity index (χ1v) is 10.3. The van der Waals surface area contributed by atoms with E-state index in [4.69, 9.17) is 9.73 Å². The van der Waals surface area contributed by atoms with Crippen LogP contribution in [0.1, 0.15) is 44.8 Å². The Labute approximate surface area is 185 Å². The molecule has 160 valence electrons. The molecule has 2 N–H and O–H groups in total. The third kappa shape index (κ3) is 5.56. The summed E-state index contributed by atoms with van der Waals surface area (Å²) in [5.74, 6) is 2.95. The van der Waals surface area contributed by atoms with Gasteiger partial charge in [-0.1, -0.05) is 6.92 Å². The molecule has 1 aromatic rings. The fourth-order valence-corrected chi connectivity index (χ4v) is 3.87. The van der Waals surface area contributed by atoms with Gasteiger partial charge in [-0.25, -0.2) is 9.67 Å². The van der Waals surface area contributed by atoms with Gasteiger partial charge < -0.3 is 20.3 Å². The van der Waals surface area contributed by atoms with Gasteiger partial charge in [0.1, 0.15) is 5.82 Å². The number of aryl methyl sites for hydroxylation is 2. The van der Waals surface area contributed by atoms with Crippen LogP contribution < -0.4 is 10.6 Å². The van der Waals surface area contributed by atoms with Crippen LogP contribution in [0.3, 0.4) is 0 Å². The second-order valence-corrected chi connectivity index (χ2v) is 7.79. The Kier molecular flexibility index (Phi) is 8.94. The molecular weight excluding hydrogens is 469 g/mol. The number of nitrogens with zero attached hydrogens (tertiary/aromatic N) is 5. The number of aliphatic imine (C=N–C) groups is 1. The molecule has 0 bridgehead atoms. The van der Waals surface area contributed by atoms with Crippen LogP contribution in [0, 0.1) is 0 Å². The molecule has 3 rings (SSSR count). The molecule has 9 heteroatoms. The Morgan fingerprint density at radius 1 is 1.32 bits per heavy atom. The summed E-state index contributed by atoms with van der Waals surface area (Å²) >= 11 is 0. The first-order chi connectivity index (χ1) is 13.1. The molecule has 0 aromatic carbocycles. The fraction of sp³-hybridized carbons (Fsp3) is 0.842. The normalized spacial score (nSPS) is 21.8. The van der Waals surface area contributed by atoms with Gasteiger partial charge in [0.25, 0.3) is 0 Å². The Bertz CT molecular complexity index is 640. The highest BCUT2D eigenvalue weighted by Crippen LogP contribution is 2.26. The van der Waals surface area contributed by atoms with Crippen LogP contribution in [0.15, 0.2) is 4.99 Å². The van der Waals surface area contributed by atoms with Crippen LogP contribution in [0.5, 0.6) is 0 Å². The summed E-state index contributed by atoms with van der Waals surface area (Å²) in [6, 6.07) is 0.326. The molecule has 1 fully saturated rings. The van der Waals surface area contributed by atoms with E-state index >= 15 is 0 Å². The SMILES string of the molecule is CCNC(=NCC1(N(C)C)CCOCC1)NC1CCc2nc(CC)nn2C1.I. The molecule has 1 atom stereocenters. The second-order valence-electron chi connectivity index (χ2n) is 7.79. The number of fused-ring (bicyclic) bond motifs is 1. The standard InChI is InChI=1S/C19H35N7O.HI/c1-5-16-23-17-8-7-15(13-26(17)24-16)22-18(20-6-2)21-14-19(25(3)4)9-11-27-12-10-19;/h15H,5-14H2,1-4H3,(H2,20,21,22);1H. The van der Waals surface area contributed by atoms with Crippen molar-refractivity contribution in [2.24, 2.45) is 4.99 Å². The van der Waals surface area contributed by atoms with E-state index in [1.807, 2.05) is 0 Å². The van der Waals surface area contributed by atoms with Crippen LogP contribution in [0.4, 0.5) is 0 Å². The number of ether oxygens (including phenoxy) is 1. The van der Waals surface area contributed by atoms with Crippen LogP contribution in [-0.2, 0) is 24.1 Å². The quantitative estimate of drug-likeness (QED) is 0.346. The Morgan fingerprint density at radius 2 is 2.07 bits per heavy atom. The number of hydrogen-bond acceptors (Lipinski definition) is 5. The number of aromatic nitrogens is 3. The van der Waals surface area contributed by atoms with Crippen molar-refractivity contribution >= 4 is 29.9 Å². The second kappa shape index (κ2) is 10.7. The highest BCUT2D eigenvalue weighted by molar-refractivity contribution is 14.0. The number of likely N-dealkylation sites (N-methyl/N-ethyl adjacent to an activating group) is 1. The predicted octanol–water partition coefficient (Wildman–Crippen LogP) is 1.44. The lowest BCUT2D eigenvalue weighted by Gasteiger charge is -2.41. The van der Waals surface area contributed by atoms with Gasteiger partial charge in [-0.05, 0) is 40.3 Å². The maximum Gasteiger partial charge on any atom is 0.191 e. The van der Waals surface area contributed by atoms with Crippen molar-refractivity contribution in [3.05, 3.63) is 11.6 Å². The van der Waals surface area contributed by atoms with E-state index in [2.05, 4.69) is 58.2 Å². The smallest absolute Gasteiger partial charge is 0.191 e. The summed E-state index contributed by atoms with van der Waals surface area (Å²) in [6.07, 6.45) is 4.95. The lowest BCUT2D eigenvalue weighted by molar-refractivity contribution is -0.00255. The molecule has 1 unspecified atom stereocenters. The lowest BCUT2D eigenvalue weighted by atomic mass is 9.89. The summed E-state index contributed by atoms with van der Waals surface area (Å²) in [7, 11) is 4.31. The van der Waals surface area contributed by atoms with E-state index in [9.17, 15) is 0 Å². The van der Waals surface area contributed by atoms with Crippen molar-refractivity contribution < 1.29 is 4.74 Å². The molecule has 0 saturated carbocycles. The van der Waals surface area contributed by atoms with Crippen LogP contribution in [-0.4, -0.2) is 77.6 Å². The summed E-state index contributed by atoms with van der Waals surface area (Å²) in [6.45, 7) is 8.32. The zero-order chi connectivity index (χ0) is 19.3. The lowest BCUT2D eigenvalue weighted by Crippen LogP contribution is -2.52. The molecule has 1 aromatic heterocycles. The van der Waals surface area contributed by atoms with Gasteiger partial charge in [-0.15, -0.1) is 24.0 Å². The van der Waals surface area contributed by atoms with Gasteiger partial charge in [0.05, 0.1) is 13.1 Å². The van der Waals surface area contributed by atoms with Crippen LogP contribution >= 0.6 is 24.0 Å². The van der Waals surface area contributed by atoms with E-state index < -0.39 is 0 Å². The van der Waals surface area contributed by atoms with Gasteiger partial charge in [0.2, 0.25) is 0 Å². The van der Waals surface area contributed by atoms with Gasteiger partial charge in [0.15, 0.2) is 11.8 Å². The summed E-state index contributed by atoms with van der Waals surface area (Å²) in [5, 5.41) is 11.6. The molecule has 3 heterocycles. The van der Waals surface area contributed by atoms with Gasteiger partial charge in [-0.2, -0.15) is 5.10 Å². The topological polar surface area (TPSA) is 79.6 Å². The fourth-order valence-electron chi connectivity index (χ4n) is 3.87. The maximum atomic E-state index is 5.57. The number of nitrogens with one attached hydrogen (secondary N) is 2. The third-order valence-electron chi connectivity index (χ3n) is 5.81. The van der Waals surface area contributed by atoms with Crippen molar-refractivity contribution in [1.29, 1.82) is 0 Å². The minimum Gasteiger partial charge on any atom is -0.381 e. The molecule has 0 spiro atoms. The zero-order valence-corrected chi connectivity index (χ0v) is 20.0. The average Bonchev–Trinajstić information content (AvgIpc) is 3.09. The van der Waals surface area contributed by atoms with Crippen molar-refractivity contribution in [3.63, 3.8) is 0 Å². The Balaban J connectivity index is 0.00000280. The molecule has 1 saturated heterocycles. The minimum absolute atomic E-state index is 0. The number of guanidine groups is 1. The molecule has 2 aliphatic heterocycles. The highest BCUT2D eigenvalue weighted by Gasteiger charge is 2.34. The van der Waals surface area contributed by atoms with Crippen molar-refractivity contribution in [2.75, 3.05) is 40.4 Å². The summed E-state index contributed by atoms with van der Waals surface area (Å²) < 4.78 is 7.63. The number of halogens is 1. The third-order valence-corrected chi connectivity index (χ3v) is 5.81. The predicted molar refractivity (Wildman–Crippen MR) is 123 cm³/mol. The number of rotatable bonds is 6. The molecule has 0 amide bonds. The minimum atomic E-state index is 0. The van der Waals surface area contributed by atoms with Crippen molar-refractivity contribution in [2.45, 2.75) is 64.1 Å². The summed E-state index contributed by atoms with van der Waals surface area (Å²) in [4.78, 5) is 11.9. The van der Waals surface area contributed by atoms with Crippen LogP contribution in [0.2, 0.25) is 0 Å². The average molecular weight is 505 g/mol. The van der Waals surface area contributed by atoms with Gasteiger partial charge in [0, 0.05) is 44.2 Å². The van der Waals surface area contributed by atoms with E-state index in [0.717, 1.165) is 82.6 Å². The first-order valence-electron chi connectivity index (χ1n) is 10.3. The van der Waals surface area contributed by atoms with Crippen molar-refractivity contribution in [3.8, 4) is 0 Å². The highest BCUT2D eigenvalue weighted by atomic mass is 127. The number of hydrogen-bond donors (Lipinski definition) is 2. The zero-order valence-electron chi connectivity index (χ0n) is 17.7. The Morgan fingerprint density at radius 3 is 2.71 bits per heavy atom. The van der Waals surface area contributed by atoms with Gasteiger partial charge >= 0.3 is 0 Å². The largest absolute Gasteiger partial charge is 0.381 e. The van der Waals surface area contributed by atoms with Gasteiger partial charge in [-0.3, -0.25) is 4.99 Å².